The Morgan fingerprint density at radius 1 is 0.558 bits per heavy atom. The predicted octanol–water partition coefficient (Wildman–Crippen LogP) is 6.34. The van der Waals surface area contributed by atoms with E-state index in [4.69, 9.17) is 63.2 Å². The molecule has 270 valence electrons. The van der Waals surface area contributed by atoms with Crippen molar-refractivity contribution >= 4 is 64.8 Å². The fourth-order valence-electron chi connectivity index (χ4n) is 4.99. The van der Waals surface area contributed by atoms with E-state index in [-0.39, 0.29) is 22.3 Å². The van der Waals surface area contributed by atoms with Gasteiger partial charge in [-0.15, -0.1) is 0 Å². The molecule has 1 saturated heterocycles. The van der Waals surface area contributed by atoms with Crippen LogP contribution >= 0.6 is 34.8 Å². The minimum atomic E-state index is -2.00. The number of alkyl halides is 3. The van der Waals surface area contributed by atoms with Gasteiger partial charge in [-0.3, -0.25) is 0 Å². The number of hydrogen-bond donors (Lipinski definition) is 1. The Balaban J connectivity index is 1.56. The van der Waals surface area contributed by atoms with Crippen molar-refractivity contribution in [2.75, 3.05) is 13.2 Å². The fourth-order valence-corrected chi connectivity index (χ4v) is 5.16. The molecule has 0 bridgehead atoms. The Morgan fingerprint density at radius 2 is 0.962 bits per heavy atom. The van der Waals surface area contributed by atoms with Crippen molar-refractivity contribution in [3.05, 3.63) is 144 Å². The third-order valence-corrected chi connectivity index (χ3v) is 7.75. The van der Waals surface area contributed by atoms with E-state index in [1.165, 1.54) is 48.5 Å². The quantitative estimate of drug-likeness (QED) is 0.103. The van der Waals surface area contributed by atoms with Gasteiger partial charge in [0.05, 0.1) is 22.3 Å². The van der Waals surface area contributed by atoms with E-state index in [1.54, 1.807) is 72.8 Å². The molecular weight excluding hydrogens is 741 g/mol. The number of esters is 4. The summed E-state index contributed by atoms with van der Waals surface area (Å²) in [5, 5.41) is 2.44. The van der Waals surface area contributed by atoms with E-state index < -0.39 is 77.6 Å². The molecule has 1 heterocycles. The summed E-state index contributed by atoms with van der Waals surface area (Å²) in [6.07, 6.45) is -7.70. The van der Waals surface area contributed by atoms with Crippen LogP contribution in [0.4, 0.5) is 4.79 Å². The molecule has 12 nitrogen and oxygen atoms in total. The molecule has 1 amide bonds. The van der Waals surface area contributed by atoms with Crippen molar-refractivity contribution < 1.29 is 52.4 Å². The van der Waals surface area contributed by atoms with Crippen LogP contribution in [0, 0.1) is 0 Å². The van der Waals surface area contributed by atoms with Gasteiger partial charge in [-0.05, 0) is 48.5 Å². The smallest absolute Gasteiger partial charge is 0.407 e. The largest absolute Gasteiger partial charge is 0.459 e. The van der Waals surface area contributed by atoms with Gasteiger partial charge in [-0.2, -0.15) is 0 Å². The zero-order valence-electron chi connectivity index (χ0n) is 27.0. The van der Waals surface area contributed by atoms with Crippen LogP contribution in [0.5, 0.6) is 0 Å². The number of alkyl carbamates (subject to hydrolysis) is 1. The zero-order chi connectivity index (χ0) is 37.1. The molecule has 0 radical (unpaired) electrons. The summed E-state index contributed by atoms with van der Waals surface area (Å²) in [6.45, 7) is -1.30. The Kier molecular flexibility index (Phi) is 13.1. The SMILES string of the molecule is O=C(N[C@H]1[C@@H](OC(=O)c2ccccc2)O[C@H](COC(=O)c2ccccc2)[C@@H](OC(=O)c2ccccc2)[C@@H]1OC(=O)c1ccccc1)OCC(Cl)(Cl)Cl. The average Bonchev–Trinajstić information content (AvgIpc) is 3.16. The Labute approximate surface area is 312 Å². The van der Waals surface area contributed by atoms with E-state index >= 15 is 0 Å². The van der Waals surface area contributed by atoms with Gasteiger partial charge < -0.3 is 33.7 Å². The number of halogens is 3. The third-order valence-electron chi connectivity index (χ3n) is 7.42. The van der Waals surface area contributed by atoms with Gasteiger partial charge in [0, 0.05) is 0 Å². The summed E-state index contributed by atoms with van der Waals surface area (Å²) in [5.41, 5.74) is 0.502. The standard InChI is InChI=1S/C37H30Cl3NO11/c38-37(39,40)22-48-36(46)41-28-30(51-33(44)25-17-9-3-10-18-25)29(50-32(43)24-15-7-2-8-16-24)27(21-47-31(42)23-13-5-1-6-14-23)49-35(28)52-34(45)26-19-11-4-12-20-26/h1-20,27-30,35H,21-22H2,(H,41,46)/t27-,28-,29-,30-,35-/m1/s1. The summed E-state index contributed by atoms with van der Waals surface area (Å²) in [7, 11) is 0. The van der Waals surface area contributed by atoms with Crippen LogP contribution in [0.2, 0.25) is 0 Å². The number of nitrogens with one attached hydrogen (secondary N) is 1. The van der Waals surface area contributed by atoms with Crippen LogP contribution in [0.1, 0.15) is 41.4 Å². The lowest BCUT2D eigenvalue weighted by molar-refractivity contribution is -0.251. The van der Waals surface area contributed by atoms with E-state index in [9.17, 15) is 24.0 Å². The lowest BCUT2D eigenvalue weighted by atomic mass is 9.96. The first-order chi connectivity index (χ1) is 25.0. The summed E-state index contributed by atoms with van der Waals surface area (Å²) in [4.78, 5) is 66.7. The number of ether oxygens (including phenoxy) is 6. The number of amides is 1. The molecule has 15 heteroatoms. The lowest BCUT2D eigenvalue weighted by Gasteiger charge is -2.44. The molecule has 0 aliphatic carbocycles. The van der Waals surface area contributed by atoms with Crippen molar-refractivity contribution in [1.29, 1.82) is 0 Å². The van der Waals surface area contributed by atoms with Gasteiger partial charge in [-0.25, -0.2) is 24.0 Å². The molecule has 1 aliphatic heterocycles. The molecular formula is C37H30Cl3NO11. The van der Waals surface area contributed by atoms with E-state index in [2.05, 4.69) is 5.32 Å². The van der Waals surface area contributed by atoms with Crippen LogP contribution in [-0.2, 0) is 28.4 Å². The molecule has 1 fully saturated rings. The van der Waals surface area contributed by atoms with Crippen molar-refractivity contribution in [2.45, 2.75) is 34.4 Å². The minimum absolute atomic E-state index is 0.0875. The molecule has 1 aliphatic rings. The van der Waals surface area contributed by atoms with Crippen LogP contribution in [0.15, 0.2) is 121 Å². The van der Waals surface area contributed by atoms with Crippen molar-refractivity contribution in [1.82, 2.24) is 5.32 Å². The normalized spacial score (nSPS) is 19.7. The number of carbonyl (C=O) groups is 5. The van der Waals surface area contributed by atoms with Gasteiger partial charge in [0.25, 0.3) is 0 Å². The average molecular weight is 771 g/mol. The molecule has 4 aromatic carbocycles. The first-order valence-electron chi connectivity index (χ1n) is 15.6. The van der Waals surface area contributed by atoms with Gasteiger partial charge >= 0.3 is 30.0 Å². The maximum Gasteiger partial charge on any atom is 0.407 e. The summed E-state index contributed by atoms with van der Waals surface area (Å²) < 4.78 is 32.4. The molecule has 0 unspecified atom stereocenters. The molecule has 5 atom stereocenters. The predicted molar refractivity (Wildman–Crippen MR) is 187 cm³/mol. The Hall–Kier alpha value is -5.14. The van der Waals surface area contributed by atoms with Gasteiger partial charge in [0.15, 0.2) is 12.2 Å². The van der Waals surface area contributed by atoms with Crippen LogP contribution in [0.3, 0.4) is 0 Å². The highest BCUT2D eigenvalue weighted by Gasteiger charge is 2.53. The molecule has 0 saturated carbocycles. The summed E-state index contributed by atoms with van der Waals surface area (Å²) in [6, 6.07) is 29.9. The van der Waals surface area contributed by atoms with Gasteiger partial charge in [0.1, 0.15) is 25.4 Å². The lowest BCUT2D eigenvalue weighted by Crippen LogP contribution is -2.67. The number of benzene rings is 4. The highest BCUT2D eigenvalue weighted by molar-refractivity contribution is 6.67. The van der Waals surface area contributed by atoms with E-state index in [0.29, 0.717) is 0 Å². The van der Waals surface area contributed by atoms with Crippen molar-refractivity contribution in [2.24, 2.45) is 0 Å². The maximum absolute atomic E-state index is 13.6. The molecule has 4 aromatic rings. The van der Waals surface area contributed by atoms with Crippen LogP contribution < -0.4 is 5.32 Å². The topological polar surface area (TPSA) is 153 Å². The Bertz CT molecular complexity index is 1830. The fraction of sp³-hybridized carbons (Fsp3) is 0.216. The minimum Gasteiger partial charge on any atom is -0.459 e. The monoisotopic (exact) mass is 769 g/mol. The maximum atomic E-state index is 13.6. The van der Waals surface area contributed by atoms with Crippen molar-refractivity contribution in [3.8, 4) is 0 Å². The second kappa shape index (κ2) is 17.9. The molecule has 5 rings (SSSR count). The number of carbonyl (C=O) groups excluding carboxylic acids is 5. The first kappa shape index (κ1) is 38.1. The molecule has 0 spiro atoms. The summed E-state index contributed by atoms with van der Waals surface area (Å²) >= 11 is 17.3. The van der Waals surface area contributed by atoms with E-state index in [0.717, 1.165) is 0 Å². The number of rotatable bonds is 11. The highest BCUT2D eigenvalue weighted by Crippen LogP contribution is 2.31. The third kappa shape index (κ3) is 10.7. The molecule has 0 aromatic heterocycles. The molecule has 52 heavy (non-hydrogen) atoms. The second-order valence-corrected chi connectivity index (χ2v) is 13.6. The number of hydrogen-bond acceptors (Lipinski definition) is 11. The van der Waals surface area contributed by atoms with Crippen molar-refractivity contribution in [3.63, 3.8) is 0 Å². The zero-order valence-corrected chi connectivity index (χ0v) is 29.2. The first-order valence-corrected chi connectivity index (χ1v) is 16.8. The van der Waals surface area contributed by atoms with Crippen LogP contribution in [0.25, 0.3) is 0 Å². The summed E-state index contributed by atoms with van der Waals surface area (Å²) in [5.74, 6) is -3.46. The van der Waals surface area contributed by atoms with Gasteiger partial charge in [-0.1, -0.05) is 108 Å². The van der Waals surface area contributed by atoms with Gasteiger partial charge in [0.2, 0.25) is 10.1 Å². The second-order valence-electron chi connectivity index (χ2n) is 11.1. The molecule has 1 N–H and O–H groups in total. The van der Waals surface area contributed by atoms with E-state index in [1.807, 2.05) is 0 Å². The highest BCUT2D eigenvalue weighted by atomic mass is 35.6. The Morgan fingerprint density at radius 3 is 1.40 bits per heavy atom. The van der Waals surface area contributed by atoms with Crippen LogP contribution in [-0.4, -0.2) is 77.6 Å².